The van der Waals surface area contributed by atoms with E-state index in [1.165, 1.54) is 5.69 Å². The van der Waals surface area contributed by atoms with E-state index in [2.05, 4.69) is 9.55 Å². The van der Waals surface area contributed by atoms with Gasteiger partial charge in [0, 0.05) is 30.9 Å². The number of hydrogen-bond acceptors (Lipinski definition) is 3. The van der Waals surface area contributed by atoms with Crippen molar-refractivity contribution in [2.75, 3.05) is 0 Å². The van der Waals surface area contributed by atoms with E-state index in [-0.39, 0.29) is 6.04 Å². The molecule has 94 valence electrons. The predicted octanol–water partition coefficient (Wildman–Crippen LogP) is 1.45. The molecule has 1 aromatic carbocycles. The Hall–Kier alpha value is -1.81. The largest absolute Gasteiger partial charge is 0.508 e. The first-order chi connectivity index (χ1) is 8.72. The standard InChI is InChI=1S/C14H17N3O/c15-11-4-5-12-8-16-14(17(12)9-11)7-10-2-1-3-13(18)6-10/h1-3,6,8,11,18H,4-5,7,9,15H2. The number of imidazole rings is 1. The smallest absolute Gasteiger partial charge is 0.115 e. The van der Waals surface area contributed by atoms with Gasteiger partial charge in [0.2, 0.25) is 0 Å². The summed E-state index contributed by atoms with van der Waals surface area (Å²) >= 11 is 0. The van der Waals surface area contributed by atoms with Crippen LogP contribution in [0.4, 0.5) is 0 Å². The second-order valence-electron chi connectivity index (χ2n) is 4.92. The Balaban J connectivity index is 1.87. The topological polar surface area (TPSA) is 64.1 Å². The molecule has 0 radical (unpaired) electrons. The van der Waals surface area contributed by atoms with Crippen LogP contribution in [0, 0.1) is 0 Å². The minimum absolute atomic E-state index is 0.231. The number of nitrogens with two attached hydrogens (primary N) is 1. The second kappa shape index (κ2) is 4.46. The number of aromatic hydroxyl groups is 1. The molecule has 0 aliphatic carbocycles. The van der Waals surface area contributed by atoms with Crippen LogP contribution in [0.15, 0.2) is 30.5 Å². The first-order valence-electron chi connectivity index (χ1n) is 6.29. The van der Waals surface area contributed by atoms with Gasteiger partial charge in [-0.05, 0) is 30.5 Å². The molecule has 2 aromatic rings. The van der Waals surface area contributed by atoms with Gasteiger partial charge < -0.3 is 15.4 Å². The number of phenols is 1. The van der Waals surface area contributed by atoms with Gasteiger partial charge in [0.15, 0.2) is 0 Å². The van der Waals surface area contributed by atoms with Crippen LogP contribution in [0.1, 0.15) is 23.5 Å². The summed E-state index contributed by atoms with van der Waals surface area (Å²) in [4.78, 5) is 4.48. The maximum absolute atomic E-state index is 9.47. The molecule has 0 fully saturated rings. The zero-order chi connectivity index (χ0) is 12.5. The van der Waals surface area contributed by atoms with E-state index in [0.29, 0.717) is 5.75 Å². The first-order valence-corrected chi connectivity index (χ1v) is 6.29. The van der Waals surface area contributed by atoms with Crippen LogP contribution in [0.5, 0.6) is 5.75 Å². The van der Waals surface area contributed by atoms with E-state index in [1.807, 2.05) is 18.3 Å². The van der Waals surface area contributed by atoms with Crippen molar-refractivity contribution in [3.8, 4) is 5.75 Å². The lowest BCUT2D eigenvalue weighted by Crippen LogP contribution is -2.32. The highest BCUT2D eigenvalue weighted by molar-refractivity contribution is 5.29. The fourth-order valence-electron chi connectivity index (χ4n) is 2.53. The molecule has 1 aliphatic rings. The summed E-state index contributed by atoms with van der Waals surface area (Å²) in [5, 5.41) is 9.47. The molecule has 0 amide bonds. The molecule has 1 aromatic heterocycles. The molecule has 18 heavy (non-hydrogen) atoms. The zero-order valence-corrected chi connectivity index (χ0v) is 10.2. The van der Waals surface area contributed by atoms with Crippen molar-refractivity contribution in [2.45, 2.75) is 31.8 Å². The lowest BCUT2D eigenvalue weighted by Gasteiger charge is -2.22. The molecule has 3 N–H and O–H groups in total. The Morgan fingerprint density at radius 3 is 3.17 bits per heavy atom. The number of benzene rings is 1. The number of nitrogens with zero attached hydrogens (tertiary/aromatic N) is 2. The third-order valence-corrected chi connectivity index (χ3v) is 3.48. The molecule has 3 rings (SSSR count). The van der Waals surface area contributed by atoms with Gasteiger partial charge in [-0.15, -0.1) is 0 Å². The molecule has 4 nitrogen and oxygen atoms in total. The summed E-state index contributed by atoms with van der Waals surface area (Å²) in [5.41, 5.74) is 8.35. The monoisotopic (exact) mass is 243 g/mol. The minimum atomic E-state index is 0.231. The number of hydrogen-bond donors (Lipinski definition) is 2. The summed E-state index contributed by atoms with van der Waals surface area (Å²) in [7, 11) is 0. The molecular formula is C14H17N3O. The Kier molecular flexibility index (Phi) is 2.80. The van der Waals surface area contributed by atoms with Crippen LogP contribution in [-0.2, 0) is 19.4 Å². The molecule has 0 saturated heterocycles. The first kappa shape index (κ1) is 11.3. The highest BCUT2D eigenvalue weighted by Crippen LogP contribution is 2.19. The SMILES string of the molecule is NC1CCc2cnc(Cc3cccc(O)c3)n2C1. The van der Waals surface area contributed by atoms with Crippen LogP contribution in [0.25, 0.3) is 0 Å². The average molecular weight is 243 g/mol. The van der Waals surface area contributed by atoms with Crippen molar-refractivity contribution in [2.24, 2.45) is 5.73 Å². The summed E-state index contributed by atoms with van der Waals surface area (Å²) in [6, 6.07) is 7.56. The molecule has 1 unspecified atom stereocenters. The van der Waals surface area contributed by atoms with Gasteiger partial charge in [0.1, 0.15) is 11.6 Å². The van der Waals surface area contributed by atoms with Crippen molar-refractivity contribution in [3.05, 3.63) is 47.5 Å². The number of aryl methyl sites for hydroxylation is 1. The van der Waals surface area contributed by atoms with Crippen LogP contribution in [0.3, 0.4) is 0 Å². The third-order valence-electron chi connectivity index (χ3n) is 3.48. The Labute approximate surface area is 106 Å². The third kappa shape index (κ3) is 2.11. The van der Waals surface area contributed by atoms with Crippen molar-refractivity contribution in [1.82, 2.24) is 9.55 Å². The lowest BCUT2D eigenvalue weighted by molar-refractivity contribution is 0.450. The van der Waals surface area contributed by atoms with E-state index in [4.69, 9.17) is 5.73 Å². The molecule has 1 aliphatic heterocycles. The maximum Gasteiger partial charge on any atom is 0.115 e. The average Bonchev–Trinajstić information content (AvgIpc) is 2.72. The normalized spacial score (nSPS) is 18.6. The van der Waals surface area contributed by atoms with Gasteiger partial charge in [-0.3, -0.25) is 0 Å². The molecule has 0 saturated carbocycles. The molecular weight excluding hydrogens is 226 g/mol. The van der Waals surface area contributed by atoms with E-state index in [9.17, 15) is 5.11 Å². The summed E-state index contributed by atoms with van der Waals surface area (Å²) in [5.74, 6) is 1.33. The zero-order valence-electron chi connectivity index (χ0n) is 10.2. The van der Waals surface area contributed by atoms with Crippen molar-refractivity contribution in [3.63, 3.8) is 0 Å². The maximum atomic E-state index is 9.47. The molecule has 0 bridgehead atoms. The fourth-order valence-corrected chi connectivity index (χ4v) is 2.53. The van der Waals surface area contributed by atoms with Crippen LogP contribution >= 0.6 is 0 Å². The molecule has 4 heteroatoms. The number of rotatable bonds is 2. The Bertz CT molecular complexity index is 562. The van der Waals surface area contributed by atoms with E-state index in [1.54, 1.807) is 12.1 Å². The van der Waals surface area contributed by atoms with Gasteiger partial charge in [0.05, 0.1) is 0 Å². The van der Waals surface area contributed by atoms with Crippen LogP contribution < -0.4 is 5.73 Å². The van der Waals surface area contributed by atoms with Crippen molar-refractivity contribution in [1.29, 1.82) is 0 Å². The van der Waals surface area contributed by atoms with E-state index >= 15 is 0 Å². The van der Waals surface area contributed by atoms with E-state index < -0.39 is 0 Å². The van der Waals surface area contributed by atoms with Gasteiger partial charge >= 0.3 is 0 Å². The van der Waals surface area contributed by atoms with Crippen LogP contribution in [0.2, 0.25) is 0 Å². The van der Waals surface area contributed by atoms with Crippen molar-refractivity contribution < 1.29 is 5.11 Å². The molecule has 1 atom stereocenters. The van der Waals surface area contributed by atoms with Gasteiger partial charge in [-0.25, -0.2) is 4.98 Å². The minimum Gasteiger partial charge on any atom is -0.508 e. The Morgan fingerprint density at radius 2 is 2.33 bits per heavy atom. The van der Waals surface area contributed by atoms with Crippen molar-refractivity contribution >= 4 is 0 Å². The number of phenolic OH excluding ortho intramolecular Hbond substituents is 1. The fraction of sp³-hybridized carbons (Fsp3) is 0.357. The van der Waals surface area contributed by atoms with Gasteiger partial charge in [-0.2, -0.15) is 0 Å². The van der Waals surface area contributed by atoms with E-state index in [0.717, 1.165) is 37.2 Å². The molecule has 2 heterocycles. The highest BCUT2D eigenvalue weighted by Gasteiger charge is 2.18. The summed E-state index contributed by atoms with van der Waals surface area (Å²) < 4.78 is 2.22. The summed E-state index contributed by atoms with van der Waals surface area (Å²) in [6.45, 7) is 0.851. The Morgan fingerprint density at radius 1 is 1.44 bits per heavy atom. The highest BCUT2D eigenvalue weighted by atomic mass is 16.3. The van der Waals surface area contributed by atoms with Crippen LogP contribution in [-0.4, -0.2) is 20.7 Å². The number of fused-ring (bicyclic) bond motifs is 1. The summed E-state index contributed by atoms with van der Waals surface area (Å²) in [6.07, 6.45) is 4.73. The quantitative estimate of drug-likeness (QED) is 0.839. The van der Waals surface area contributed by atoms with Gasteiger partial charge in [0.25, 0.3) is 0 Å². The number of aromatic nitrogens is 2. The van der Waals surface area contributed by atoms with Gasteiger partial charge in [-0.1, -0.05) is 12.1 Å². The molecule has 0 spiro atoms. The lowest BCUT2D eigenvalue weighted by atomic mass is 10.1. The predicted molar refractivity (Wildman–Crippen MR) is 69.4 cm³/mol. The second-order valence-corrected chi connectivity index (χ2v) is 4.92.